The first-order chi connectivity index (χ1) is 10.0. The minimum Gasteiger partial charge on any atom is -0.313 e. The molecule has 0 amide bonds. The summed E-state index contributed by atoms with van der Waals surface area (Å²) >= 11 is 0. The van der Waals surface area contributed by atoms with Crippen LogP contribution < -0.4 is 11.0 Å². The number of rotatable bonds is 2. The molecule has 0 bridgehead atoms. The number of nitrogens with one attached hydrogen (secondary N) is 3. The monoisotopic (exact) mass is 307 g/mol. The van der Waals surface area contributed by atoms with Crippen LogP contribution in [0.3, 0.4) is 0 Å². The van der Waals surface area contributed by atoms with Crippen LogP contribution in [0, 0.1) is 11.3 Å². The van der Waals surface area contributed by atoms with E-state index in [0.717, 1.165) is 0 Å². The summed E-state index contributed by atoms with van der Waals surface area (Å²) in [6.45, 7) is 1.04. The van der Waals surface area contributed by atoms with Crippen molar-refractivity contribution in [2.75, 3.05) is 19.6 Å². The second-order valence-electron chi connectivity index (χ2n) is 4.75. The summed E-state index contributed by atoms with van der Waals surface area (Å²) in [6.07, 6.45) is 0. The van der Waals surface area contributed by atoms with E-state index in [1.807, 2.05) is 6.07 Å². The molecule has 21 heavy (non-hydrogen) atoms. The molecule has 1 atom stereocenters. The normalized spacial score (nSPS) is 20.4. The first-order valence-corrected chi connectivity index (χ1v) is 7.80. The second kappa shape index (κ2) is 5.00. The third-order valence-electron chi connectivity index (χ3n) is 3.44. The van der Waals surface area contributed by atoms with E-state index in [9.17, 15) is 13.2 Å². The first-order valence-electron chi connectivity index (χ1n) is 6.36. The number of hydrogen-bond acceptors (Lipinski definition) is 5. The smallest absolute Gasteiger partial charge is 0.313 e. The number of fused-ring (bicyclic) bond motifs is 1. The van der Waals surface area contributed by atoms with E-state index in [-0.39, 0.29) is 11.4 Å². The molecule has 110 valence electrons. The fourth-order valence-corrected chi connectivity index (χ4v) is 3.96. The summed E-state index contributed by atoms with van der Waals surface area (Å²) < 4.78 is 26.5. The van der Waals surface area contributed by atoms with Crippen molar-refractivity contribution in [3.63, 3.8) is 0 Å². The molecule has 3 N–H and O–H groups in total. The quantitative estimate of drug-likeness (QED) is 0.680. The van der Waals surface area contributed by atoms with Gasteiger partial charge in [-0.1, -0.05) is 0 Å². The largest absolute Gasteiger partial charge is 0.323 e. The van der Waals surface area contributed by atoms with Crippen molar-refractivity contribution in [1.29, 1.82) is 5.26 Å². The topological polar surface area (TPSA) is 122 Å². The summed E-state index contributed by atoms with van der Waals surface area (Å²) in [5.41, 5.74) is 0.567. The number of aromatic nitrogens is 2. The maximum Gasteiger partial charge on any atom is 0.323 e. The lowest BCUT2D eigenvalue weighted by Crippen LogP contribution is -2.52. The molecule has 0 aliphatic carbocycles. The Balaban J connectivity index is 2.06. The zero-order chi connectivity index (χ0) is 15.0. The minimum atomic E-state index is -3.77. The summed E-state index contributed by atoms with van der Waals surface area (Å²) in [5.74, 6) is 0. The fraction of sp³-hybridized carbons (Fsp3) is 0.333. The predicted octanol–water partition coefficient (Wildman–Crippen LogP) is -0.658. The standard InChI is InChI=1S/C12H13N5O3S/c13-6-8-7-14-3-4-17(8)21(19,20)9-1-2-10-11(5-9)16-12(18)15-10/h1-2,5,8,14H,3-4,7H2,(H2,15,16,18). The molecule has 1 saturated heterocycles. The van der Waals surface area contributed by atoms with Crippen molar-refractivity contribution < 1.29 is 8.42 Å². The Kier molecular flexibility index (Phi) is 3.29. The number of nitriles is 1. The third kappa shape index (κ3) is 2.33. The molecule has 3 rings (SSSR count). The number of benzene rings is 1. The lowest BCUT2D eigenvalue weighted by atomic mass is 10.3. The maximum absolute atomic E-state index is 12.7. The van der Waals surface area contributed by atoms with Gasteiger partial charge in [0.25, 0.3) is 0 Å². The molecule has 8 nitrogen and oxygen atoms in total. The average Bonchev–Trinajstić information content (AvgIpc) is 2.86. The van der Waals surface area contributed by atoms with E-state index < -0.39 is 21.8 Å². The molecule has 0 saturated carbocycles. The van der Waals surface area contributed by atoms with Crippen LogP contribution in [0.2, 0.25) is 0 Å². The van der Waals surface area contributed by atoms with Crippen LogP contribution in [0.5, 0.6) is 0 Å². The van der Waals surface area contributed by atoms with Gasteiger partial charge in [-0.25, -0.2) is 13.2 Å². The highest BCUT2D eigenvalue weighted by Gasteiger charge is 2.33. The number of hydrogen-bond donors (Lipinski definition) is 3. The number of imidazole rings is 1. The highest BCUT2D eigenvalue weighted by Crippen LogP contribution is 2.21. The van der Waals surface area contributed by atoms with Crippen molar-refractivity contribution >= 4 is 21.1 Å². The van der Waals surface area contributed by atoms with Gasteiger partial charge in [-0.3, -0.25) is 0 Å². The van der Waals surface area contributed by atoms with Gasteiger partial charge in [0.05, 0.1) is 22.0 Å². The van der Waals surface area contributed by atoms with Gasteiger partial charge in [-0.05, 0) is 18.2 Å². The van der Waals surface area contributed by atoms with Gasteiger partial charge >= 0.3 is 5.69 Å². The number of aromatic amines is 2. The van der Waals surface area contributed by atoms with Gasteiger partial charge in [0, 0.05) is 19.6 Å². The van der Waals surface area contributed by atoms with E-state index in [1.165, 1.54) is 22.5 Å². The molecule has 1 fully saturated rings. The molecule has 1 unspecified atom stereocenters. The average molecular weight is 307 g/mol. The van der Waals surface area contributed by atoms with Crippen LogP contribution >= 0.6 is 0 Å². The summed E-state index contributed by atoms with van der Waals surface area (Å²) in [4.78, 5) is 16.4. The molecule has 2 heterocycles. The van der Waals surface area contributed by atoms with E-state index in [4.69, 9.17) is 5.26 Å². The van der Waals surface area contributed by atoms with Gasteiger partial charge in [0.1, 0.15) is 6.04 Å². The molecular weight excluding hydrogens is 294 g/mol. The van der Waals surface area contributed by atoms with Crippen LogP contribution in [0.1, 0.15) is 0 Å². The lowest BCUT2D eigenvalue weighted by molar-refractivity contribution is 0.312. The van der Waals surface area contributed by atoms with Crippen LogP contribution in [0.4, 0.5) is 0 Å². The molecule has 1 aliphatic rings. The van der Waals surface area contributed by atoms with E-state index in [1.54, 1.807) is 0 Å². The second-order valence-corrected chi connectivity index (χ2v) is 6.64. The van der Waals surface area contributed by atoms with Crippen LogP contribution in [-0.4, -0.2) is 48.4 Å². The van der Waals surface area contributed by atoms with E-state index in [2.05, 4.69) is 15.3 Å². The molecule has 0 spiro atoms. The van der Waals surface area contributed by atoms with Gasteiger partial charge in [0.15, 0.2) is 0 Å². The Hall–Kier alpha value is -2.15. The lowest BCUT2D eigenvalue weighted by Gasteiger charge is -2.30. The van der Waals surface area contributed by atoms with Crippen LogP contribution in [0.25, 0.3) is 11.0 Å². The van der Waals surface area contributed by atoms with Crippen LogP contribution in [-0.2, 0) is 10.0 Å². The van der Waals surface area contributed by atoms with Gasteiger partial charge < -0.3 is 15.3 Å². The molecular formula is C12H13N5O3S. The summed E-state index contributed by atoms with van der Waals surface area (Å²) in [6, 6.07) is 5.62. The highest BCUT2D eigenvalue weighted by atomic mass is 32.2. The number of sulfonamides is 1. The zero-order valence-corrected chi connectivity index (χ0v) is 11.8. The molecule has 9 heteroatoms. The predicted molar refractivity (Wildman–Crippen MR) is 75.1 cm³/mol. The number of H-pyrrole nitrogens is 2. The molecule has 1 aromatic heterocycles. The Bertz CT molecular complexity index is 876. The number of piperazine rings is 1. The van der Waals surface area contributed by atoms with Crippen molar-refractivity contribution in [1.82, 2.24) is 19.6 Å². The SMILES string of the molecule is N#CC1CNCCN1S(=O)(=O)c1ccc2[nH]c(=O)[nH]c2c1. The molecule has 1 aromatic carbocycles. The Labute approximate surface area is 120 Å². The Morgan fingerprint density at radius 1 is 1.29 bits per heavy atom. The Morgan fingerprint density at radius 2 is 2.05 bits per heavy atom. The van der Waals surface area contributed by atoms with Crippen LogP contribution in [0.15, 0.2) is 27.9 Å². The van der Waals surface area contributed by atoms with Gasteiger partial charge in [-0.2, -0.15) is 9.57 Å². The fourth-order valence-electron chi connectivity index (χ4n) is 2.39. The van der Waals surface area contributed by atoms with Gasteiger partial charge in [-0.15, -0.1) is 0 Å². The van der Waals surface area contributed by atoms with Crippen molar-refractivity contribution in [3.05, 3.63) is 28.7 Å². The van der Waals surface area contributed by atoms with Crippen molar-refractivity contribution in [3.8, 4) is 6.07 Å². The third-order valence-corrected chi connectivity index (χ3v) is 5.34. The highest BCUT2D eigenvalue weighted by molar-refractivity contribution is 7.89. The first kappa shape index (κ1) is 13.8. The maximum atomic E-state index is 12.7. The minimum absolute atomic E-state index is 0.0624. The zero-order valence-electron chi connectivity index (χ0n) is 11.0. The molecule has 1 aliphatic heterocycles. The molecule has 2 aromatic rings. The summed E-state index contributed by atoms with van der Waals surface area (Å²) in [7, 11) is -3.77. The number of nitrogens with zero attached hydrogens (tertiary/aromatic N) is 2. The van der Waals surface area contributed by atoms with Crippen molar-refractivity contribution in [2.24, 2.45) is 0 Å². The Morgan fingerprint density at radius 3 is 2.81 bits per heavy atom. The van der Waals surface area contributed by atoms with Crippen molar-refractivity contribution in [2.45, 2.75) is 10.9 Å². The van der Waals surface area contributed by atoms with E-state index in [0.29, 0.717) is 24.1 Å². The summed E-state index contributed by atoms with van der Waals surface area (Å²) in [5, 5.41) is 12.1. The van der Waals surface area contributed by atoms with E-state index >= 15 is 0 Å². The molecule has 0 radical (unpaired) electrons. The van der Waals surface area contributed by atoms with Gasteiger partial charge in [0.2, 0.25) is 10.0 Å².